The molecule has 2 aromatic rings. The van der Waals surface area contributed by atoms with Gasteiger partial charge in [0.25, 0.3) is 5.56 Å². The van der Waals surface area contributed by atoms with Gasteiger partial charge in [-0.3, -0.25) is 14.3 Å². The van der Waals surface area contributed by atoms with Gasteiger partial charge < -0.3 is 0 Å². The fraction of sp³-hybridized carbons (Fsp3) is 0.375. The summed E-state index contributed by atoms with van der Waals surface area (Å²) in [6.07, 6.45) is 0.897. The predicted octanol–water partition coefficient (Wildman–Crippen LogP) is 3.21. The van der Waals surface area contributed by atoms with Crippen molar-refractivity contribution in [2.75, 3.05) is 0 Å². The highest BCUT2D eigenvalue weighted by Gasteiger charge is 2.17. The molecule has 112 valence electrons. The van der Waals surface area contributed by atoms with Crippen LogP contribution in [0, 0.1) is 12.8 Å². The lowest BCUT2D eigenvalue weighted by Gasteiger charge is -2.13. The van der Waals surface area contributed by atoms with Crippen LogP contribution >= 0.6 is 11.6 Å². The lowest BCUT2D eigenvalue weighted by molar-refractivity contribution is 0.447. The molecule has 0 fully saturated rings. The minimum atomic E-state index is -0.456. The van der Waals surface area contributed by atoms with Crippen molar-refractivity contribution in [3.8, 4) is 11.1 Å². The second-order valence-electron chi connectivity index (χ2n) is 5.36. The van der Waals surface area contributed by atoms with Crippen LogP contribution in [0.2, 0.25) is 5.15 Å². The molecule has 0 spiro atoms. The minimum absolute atomic E-state index is 0.0969. The summed E-state index contributed by atoms with van der Waals surface area (Å²) in [6, 6.07) is 7.50. The summed E-state index contributed by atoms with van der Waals surface area (Å²) in [5, 5.41) is 0.0969. The molecule has 0 saturated heterocycles. The van der Waals surface area contributed by atoms with Crippen molar-refractivity contribution < 1.29 is 0 Å². The second kappa shape index (κ2) is 6.31. The third-order valence-corrected chi connectivity index (χ3v) is 4.03. The van der Waals surface area contributed by atoms with Crippen molar-refractivity contribution in [1.82, 2.24) is 9.55 Å². The highest BCUT2D eigenvalue weighted by atomic mass is 35.5. The molecule has 21 heavy (non-hydrogen) atoms. The number of hydrogen-bond donors (Lipinski definition) is 1. The van der Waals surface area contributed by atoms with E-state index in [4.69, 9.17) is 11.6 Å². The number of H-pyrrole nitrogens is 1. The Bertz CT molecular complexity index is 762. The molecular formula is C16H19ClN2O2. The first-order valence-corrected chi connectivity index (χ1v) is 7.42. The molecule has 0 saturated carbocycles. The maximum Gasteiger partial charge on any atom is 0.329 e. The fourth-order valence-corrected chi connectivity index (χ4v) is 2.50. The molecule has 1 unspecified atom stereocenters. The standard InChI is InChI=1S/C16H19ClN2O2/c1-4-10(2)9-19-15(20)13(14(17)18-16(19)21)12-8-6-5-7-11(12)3/h5-8,10H,4,9H2,1-3H3,(H,18,21). The number of nitrogens with zero attached hydrogens (tertiary/aromatic N) is 1. The monoisotopic (exact) mass is 306 g/mol. The van der Waals surface area contributed by atoms with Gasteiger partial charge in [-0.2, -0.15) is 0 Å². The normalized spacial score (nSPS) is 12.4. The van der Waals surface area contributed by atoms with Gasteiger partial charge in [-0.15, -0.1) is 0 Å². The van der Waals surface area contributed by atoms with E-state index in [9.17, 15) is 9.59 Å². The van der Waals surface area contributed by atoms with Crippen molar-refractivity contribution in [2.24, 2.45) is 5.92 Å². The quantitative estimate of drug-likeness (QED) is 0.882. The molecule has 0 radical (unpaired) electrons. The molecule has 0 bridgehead atoms. The van der Waals surface area contributed by atoms with E-state index in [1.165, 1.54) is 4.57 Å². The molecule has 2 rings (SSSR count). The van der Waals surface area contributed by atoms with Crippen LogP contribution in [0.5, 0.6) is 0 Å². The number of benzene rings is 1. The smallest absolute Gasteiger partial charge is 0.297 e. The lowest BCUT2D eigenvalue weighted by atomic mass is 10.0. The predicted molar refractivity (Wildman–Crippen MR) is 86.0 cm³/mol. The second-order valence-corrected chi connectivity index (χ2v) is 5.74. The van der Waals surface area contributed by atoms with Crippen LogP contribution < -0.4 is 11.2 Å². The van der Waals surface area contributed by atoms with Crippen molar-refractivity contribution in [3.05, 3.63) is 55.8 Å². The summed E-state index contributed by atoms with van der Waals surface area (Å²) in [4.78, 5) is 27.3. The van der Waals surface area contributed by atoms with Crippen molar-refractivity contribution in [2.45, 2.75) is 33.7 Å². The van der Waals surface area contributed by atoms with E-state index in [-0.39, 0.29) is 16.6 Å². The van der Waals surface area contributed by atoms with Crippen LogP contribution in [-0.2, 0) is 6.54 Å². The van der Waals surface area contributed by atoms with E-state index in [0.29, 0.717) is 12.1 Å². The molecule has 0 aliphatic heterocycles. The Labute approximate surface area is 128 Å². The van der Waals surface area contributed by atoms with Gasteiger partial charge in [-0.1, -0.05) is 56.1 Å². The van der Waals surface area contributed by atoms with Gasteiger partial charge in [-0.05, 0) is 24.0 Å². The minimum Gasteiger partial charge on any atom is -0.297 e. The molecule has 1 aromatic carbocycles. The molecule has 1 aromatic heterocycles. The van der Waals surface area contributed by atoms with Gasteiger partial charge in [0, 0.05) is 6.54 Å². The number of aryl methyl sites for hydroxylation is 1. The molecule has 5 heteroatoms. The molecule has 0 amide bonds. The van der Waals surface area contributed by atoms with Gasteiger partial charge in [0.1, 0.15) is 5.15 Å². The Balaban J connectivity index is 2.68. The molecule has 1 heterocycles. The van der Waals surface area contributed by atoms with Crippen LogP contribution in [0.15, 0.2) is 33.9 Å². The van der Waals surface area contributed by atoms with E-state index < -0.39 is 5.69 Å². The first-order valence-electron chi connectivity index (χ1n) is 7.04. The van der Waals surface area contributed by atoms with Gasteiger partial charge >= 0.3 is 5.69 Å². The van der Waals surface area contributed by atoms with Gasteiger partial charge in [0.05, 0.1) is 5.56 Å². The van der Waals surface area contributed by atoms with E-state index in [1.54, 1.807) is 0 Å². The Morgan fingerprint density at radius 2 is 1.95 bits per heavy atom. The molecule has 4 nitrogen and oxygen atoms in total. The topological polar surface area (TPSA) is 54.9 Å². The average Bonchev–Trinajstić information content (AvgIpc) is 2.45. The van der Waals surface area contributed by atoms with Crippen molar-refractivity contribution in [3.63, 3.8) is 0 Å². The highest BCUT2D eigenvalue weighted by molar-refractivity contribution is 6.32. The third-order valence-electron chi connectivity index (χ3n) is 3.75. The number of rotatable bonds is 4. The number of halogens is 1. The molecule has 0 aliphatic carbocycles. The zero-order valence-corrected chi connectivity index (χ0v) is 13.2. The maximum atomic E-state index is 12.7. The van der Waals surface area contributed by atoms with Crippen LogP contribution in [0.4, 0.5) is 0 Å². The summed E-state index contributed by atoms with van der Waals surface area (Å²) < 4.78 is 1.24. The van der Waals surface area contributed by atoms with Gasteiger partial charge in [0.15, 0.2) is 0 Å². The molecule has 1 N–H and O–H groups in total. The number of hydrogen-bond acceptors (Lipinski definition) is 2. The van der Waals surface area contributed by atoms with Crippen LogP contribution in [0.1, 0.15) is 25.8 Å². The Morgan fingerprint density at radius 1 is 1.29 bits per heavy atom. The van der Waals surface area contributed by atoms with Crippen molar-refractivity contribution in [1.29, 1.82) is 0 Å². The SMILES string of the molecule is CCC(C)Cn1c(=O)[nH]c(Cl)c(-c2ccccc2C)c1=O. The van der Waals surface area contributed by atoms with Crippen LogP contribution in [-0.4, -0.2) is 9.55 Å². The zero-order valence-electron chi connectivity index (χ0n) is 12.4. The maximum absolute atomic E-state index is 12.7. The third kappa shape index (κ3) is 3.10. The fourth-order valence-electron chi connectivity index (χ4n) is 2.24. The summed E-state index contributed by atoms with van der Waals surface area (Å²) in [7, 11) is 0. The van der Waals surface area contributed by atoms with Crippen molar-refractivity contribution >= 4 is 11.6 Å². The van der Waals surface area contributed by atoms with Crippen LogP contribution in [0.3, 0.4) is 0 Å². The Hall–Kier alpha value is -1.81. The molecular weight excluding hydrogens is 288 g/mol. The van der Waals surface area contributed by atoms with E-state index in [1.807, 2.05) is 45.0 Å². The van der Waals surface area contributed by atoms with E-state index in [2.05, 4.69) is 4.98 Å². The first kappa shape index (κ1) is 15.6. The Kier molecular flexibility index (Phi) is 4.68. The molecule has 0 aliphatic rings. The first-order chi connectivity index (χ1) is 9.95. The molecule has 1 atom stereocenters. The number of aromatic amines is 1. The van der Waals surface area contributed by atoms with E-state index in [0.717, 1.165) is 17.5 Å². The van der Waals surface area contributed by atoms with E-state index >= 15 is 0 Å². The zero-order chi connectivity index (χ0) is 15.6. The number of aromatic nitrogens is 2. The average molecular weight is 307 g/mol. The van der Waals surface area contributed by atoms with Crippen LogP contribution in [0.25, 0.3) is 11.1 Å². The van der Waals surface area contributed by atoms with Gasteiger partial charge in [0.2, 0.25) is 0 Å². The Morgan fingerprint density at radius 3 is 2.57 bits per heavy atom. The largest absolute Gasteiger partial charge is 0.329 e. The van der Waals surface area contributed by atoms with Gasteiger partial charge in [-0.25, -0.2) is 4.79 Å². The summed E-state index contributed by atoms with van der Waals surface area (Å²) in [5.74, 6) is 0.245. The summed E-state index contributed by atoms with van der Waals surface area (Å²) >= 11 is 6.11. The summed E-state index contributed by atoms with van der Waals surface area (Å²) in [6.45, 7) is 6.34. The highest BCUT2D eigenvalue weighted by Crippen LogP contribution is 2.24. The lowest BCUT2D eigenvalue weighted by Crippen LogP contribution is -2.37. The summed E-state index contributed by atoms with van der Waals surface area (Å²) in [5.41, 5.74) is 1.26. The number of nitrogens with one attached hydrogen (secondary N) is 1.